The molecule has 1 nitrogen and oxygen atoms in total. The predicted octanol–water partition coefficient (Wildman–Crippen LogP) is 1.35. The van der Waals surface area contributed by atoms with Gasteiger partial charge in [0.25, 0.3) is 0 Å². The van der Waals surface area contributed by atoms with Gasteiger partial charge in [0.15, 0.2) is 0 Å². The molecule has 0 aliphatic carbocycles. The van der Waals surface area contributed by atoms with Crippen LogP contribution in [0.4, 0.5) is 0 Å². The van der Waals surface area contributed by atoms with Crippen LogP contribution in [0.5, 0.6) is 0 Å². The summed E-state index contributed by atoms with van der Waals surface area (Å²) in [6.07, 6.45) is 1.39. The summed E-state index contributed by atoms with van der Waals surface area (Å²) in [7, 11) is 2.20. The minimum absolute atomic E-state index is 0.815. The van der Waals surface area contributed by atoms with E-state index < -0.39 is 0 Å². The van der Waals surface area contributed by atoms with Gasteiger partial charge in [-0.25, -0.2) is 0 Å². The highest BCUT2D eigenvalue weighted by atomic mass is 15.1. The standard InChI is InChI=1S/C7H15N/c1-6-4-5-8(3)7(6)2/h6-7H,4-5H2,1-3H3. The van der Waals surface area contributed by atoms with Gasteiger partial charge in [-0.05, 0) is 32.9 Å². The zero-order chi connectivity index (χ0) is 6.15. The van der Waals surface area contributed by atoms with E-state index in [4.69, 9.17) is 0 Å². The summed E-state index contributed by atoms with van der Waals surface area (Å²) in [4.78, 5) is 2.42. The minimum atomic E-state index is 0.815. The number of hydrogen-bond acceptors (Lipinski definition) is 1. The van der Waals surface area contributed by atoms with Crippen molar-refractivity contribution < 1.29 is 0 Å². The summed E-state index contributed by atoms with van der Waals surface area (Å²) in [6, 6.07) is 0.815. The zero-order valence-electron chi connectivity index (χ0n) is 6.02. The molecular formula is C7H15N. The van der Waals surface area contributed by atoms with Gasteiger partial charge in [-0.3, -0.25) is 0 Å². The molecule has 0 bridgehead atoms. The predicted molar refractivity (Wildman–Crippen MR) is 35.9 cm³/mol. The van der Waals surface area contributed by atoms with E-state index in [-0.39, 0.29) is 0 Å². The van der Waals surface area contributed by atoms with Crippen LogP contribution in [0, 0.1) is 5.92 Å². The molecule has 8 heavy (non-hydrogen) atoms. The molecule has 0 amide bonds. The van der Waals surface area contributed by atoms with Crippen molar-refractivity contribution in [3.05, 3.63) is 0 Å². The Kier molecular flexibility index (Phi) is 1.57. The Bertz CT molecular complexity index is 70.5. The Morgan fingerprint density at radius 1 is 1.38 bits per heavy atom. The average molecular weight is 113 g/mol. The van der Waals surface area contributed by atoms with Crippen molar-refractivity contribution in [3.63, 3.8) is 0 Å². The maximum Gasteiger partial charge on any atom is 0.00899 e. The molecule has 1 heteroatoms. The van der Waals surface area contributed by atoms with Crippen molar-refractivity contribution in [1.29, 1.82) is 0 Å². The molecule has 0 aromatic carbocycles. The van der Waals surface area contributed by atoms with Crippen LogP contribution in [-0.2, 0) is 0 Å². The zero-order valence-corrected chi connectivity index (χ0v) is 6.02. The van der Waals surface area contributed by atoms with Gasteiger partial charge in [-0.15, -0.1) is 0 Å². The van der Waals surface area contributed by atoms with Gasteiger partial charge in [-0.2, -0.15) is 0 Å². The molecule has 1 fully saturated rings. The van der Waals surface area contributed by atoms with Crippen LogP contribution < -0.4 is 0 Å². The Balaban J connectivity index is 2.44. The molecule has 1 aliphatic heterocycles. The fourth-order valence-corrected chi connectivity index (χ4v) is 1.29. The highest BCUT2D eigenvalue weighted by Crippen LogP contribution is 2.20. The Labute approximate surface area is 51.7 Å². The molecule has 0 N–H and O–H groups in total. The van der Waals surface area contributed by atoms with Crippen LogP contribution in [0.15, 0.2) is 0 Å². The third kappa shape index (κ3) is 0.873. The summed E-state index contributed by atoms with van der Waals surface area (Å²) < 4.78 is 0. The minimum Gasteiger partial charge on any atom is -0.303 e. The molecule has 1 heterocycles. The van der Waals surface area contributed by atoms with Crippen LogP contribution in [0.2, 0.25) is 0 Å². The van der Waals surface area contributed by atoms with Crippen molar-refractivity contribution in [2.24, 2.45) is 5.92 Å². The summed E-state index contributed by atoms with van der Waals surface area (Å²) >= 11 is 0. The smallest absolute Gasteiger partial charge is 0.00899 e. The van der Waals surface area contributed by atoms with Crippen LogP contribution in [0.3, 0.4) is 0 Å². The molecule has 48 valence electrons. The van der Waals surface area contributed by atoms with Crippen molar-refractivity contribution in [1.82, 2.24) is 4.90 Å². The first-order valence-electron chi connectivity index (χ1n) is 3.42. The Morgan fingerprint density at radius 2 is 2.00 bits per heavy atom. The molecule has 0 spiro atoms. The fourth-order valence-electron chi connectivity index (χ4n) is 1.29. The second kappa shape index (κ2) is 2.06. The summed E-state index contributed by atoms with van der Waals surface area (Å²) in [6.45, 7) is 5.92. The fraction of sp³-hybridized carbons (Fsp3) is 1.00. The lowest BCUT2D eigenvalue weighted by Crippen LogP contribution is -2.24. The SMILES string of the molecule is CC1CCN(C)C1C. The third-order valence-electron chi connectivity index (χ3n) is 2.46. The van der Waals surface area contributed by atoms with E-state index in [1.807, 2.05) is 0 Å². The molecule has 1 saturated heterocycles. The largest absolute Gasteiger partial charge is 0.303 e. The number of hydrogen-bond donors (Lipinski definition) is 0. The van der Waals surface area contributed by atoms with Gasteiger partial charge in [-0.1, -0.05) is 6.92 Å². The van der Waals surface area contributed by atoms with E-state index in [0.717, 1.165) is 12.0 Å². The maximum absolute atomic E-state index is 2.42. The maximum atomic E-state index is 2.42. The van der Waals surface area contributed by atoms with E-state index in [9.17, 15) is 0 Å². The molecule has 0 aromatic rings. The first-order chi connectivity index (χ1) is 3.72. The topological polar surface area (TPSA) is 3.24 Å². The molecular weight excluding hydrogens is 98.1 g/mol. The van der Waals surface area contributed by atoms with Crippen molar-refractivity contribution in [3.8, 4) is 0 Å². The Hall–Kier alpha value is -0.0400. The van der Waals surface area contributed by atoms with Gasteiger partial charge in [0, 0.05) is 6.04 Å². The van der Waals surface area contributed by atoms with E-state index >= 15 is 0 Å². The van der Waals surface area contributed by atoms with Crippen molar-refractivity contribution in [2.45, 2.75) is 26.3 Å². The summed E-state index contributed by atoms with van der Waals surface area (Å²) in [5, 5.41) is 0. The van der Waals surface area contributed by atoms with Crippen LogP contribution in [0.25, 0.3) is 0 Å². The van der Waals surface area contributed by atoms with Gasteiger partial charge in [0.05, 0.1) is 0 Å². The summed E-state index contributed by atoms with van der Waals surface area (Å²) in [5.41, 5.74) is 0. The number of rotatable bonds is 0. The van der Waals surface area contributed by atoms with Crippen LogP contribution in [0.1, 0.15) is 20.3 Å². The second-order valence-electron chi connectivity index (χ2n) is 2.99. The highest BCUT2D eigenvalue weighted by molar-refractivity contribution is 4.77. The third-order valence-corrected chi connectivity index (χ3v) is 2.46. The average Bonchev–Trinajstić information content (AvgIpc) is 1.98. The molecule has 2 unspecified atom stereocenters. The molecule has 2 atom stereocenters. The first kappa shape index (κ1) is 6.09. The van der Waals surface area contributed by atoms with Gasteiger partial charge < -0.3 is 4.90 Å². The van der Waals surface area contributed by atoms with E-state index in [1.165, 1.54) is 13.0 Å². The Morgan fingerprint density at radius 3 is 2.12 bits per heavy atom. The van der Waals surface area contributed by atoms with Gasteiger partial charge in [0.2, 0.25) is 0 Å². The summed E-state index contributed by atoms with van der Waals surface area (Å²) in [5.74, 6) is 0.917. The molecule has 1 aliphatic rings. The molecule has 0 aromatic heterocycles. The first-order valence-corrected chi connectivity index (χ1v) is 3.42. The molecule has 0 saturated carbocycles. The number of nitrogens with zero attached hydrogens (tertiary/aromatic N) is 1. The lowest BCUT2D eigenvalue weighted by atomic mass is 10.1. The van der Waals surface area contributed by atoms with E-state index in [1.54, 1.807) is 0 Å². The van der Waals surface area contributed by atoms with Crippen LogP contribution >= 0.6 is 0 Å². The molecule has 1 rings (SSSR count). The van der Waals surface area contributed by atoms with E-state index in [0.29, 0.717) is 0 Å². The lowest BCUT2D eigenvalue weighted by molar-refractivity contribution is 0.301. The normalized spacial score (nSPS) is 40.9. The number of likely N-dealkylation sites (tertiary alicyclic amines) is 1. The van der Waals surface area contributed by atoms with Gasteiger partial charge >= 0.3 is 0 Å². The van der Waals surface area contributed by atoms with E-state index in [2.05, 4.69) is 25.8 Å². The quantitative estimate of drug-likeness (QED) is 0.458. The van der Waals surface area contributed by atoms with Gasteiger partial charge in [0.1, 0.15) is 0 Å². The lowest BCUT2D eigenvalue weighted by Gasteiger charge is -2.16. The monoisotopic (exact) mass is 113 g/mol. The van der Waals surface area contributed by atoms with Crippen LogP contribution in [-0.4, -0.2) is 24.5 Å². The molecule has 0 radical (unpaired) electrons. The van der Waals surface area contributed by atoms with Crippen molar-refractivity contribution >= 4 is 0 Å². The second-order valence-corrected chi connectivity index (χ2v) is 2.99. The van der Waals surface area contributed by atoms with Crippen molar-refractivity contribution in [2.75, 3.05) is 13.6 Å². The highest BCUT2D eigenvalue weighted by Gasteiger charge is 2.23.